The van der Waals surface area contributed by atoms with Crippen molar-refractivity contribution in [2.75, 3.05) is 0 Å². The molecule has 21 heavy (non-hydrogen) atoms. The van der Waals surface area contributed by atoms with Crippen LogP contribution < -0.4 is 0 Å². The molecule has 0 fully saturated rings. The normalized spacial score (nSPS) is 14.8. The highest BCUT2D eigenvalue weighted by Crippen LogP contribution is 2.40. The maximum atomic E-state index is 12.8. The van der Waals surface area contributed by atoms with E-state index in [-0.39, 0.29) is 10.8 Å². The minimum atomic E-state index is -4.51. The zero-order chi connectivity index (χ0) is 15.8. The van der Waals surface area contributed by atoms with Crippen molar-refractivity contribution in [3.8, 4) is 0 Å². The molecule has 10 heteroatoms. The lowest BCUT2D eigenvalue weighted by Crippen LogP contribution is -2.28. The average Bonchev–Trinajstić information content (AvgIpc) is 2.65. The highest BCUT2D eigenvalue weighted by molar-refractivity contribution is 6.30. The van der Waals surface area contributed by atoms with E-state index in [0.717, 1.165) is 0 Å². The second-order valence-corrected chi connectivity index (χ2v) is 5.14. The Morgan fingerprint density at radius 1 is 1.48 bits per heavy atom. The number of hydrogen-bond donors (Lipinski definition) is 0. The Balaban J connectivity index is 2.71. The maximum Gasteiger partial charge on any atom is 0.390 e. The summed E-state index contributed by atoms with van der Waals surface area (Å²) in [4.78, 5) is 6.40. The monoisotopic (exact) mass is 318 g/mol. The summed E-state index contributed by atoms with van der Waals surface area (Å²) in [5, 5.41) is 7.87. The van der Waals surface area contributed by atoms with Crippen LogP contribution in [-0.2, 0) is 12.6 Å². The van der Waals surface area contributed by atoms with Gasteiger partial charge in [0.15, 0.2) is 0 Å². The van der Waals surface area contributed by atoms with Gasteiger partial charge in [-0.2, -0.15) is 18.3 Å². The molecular formula is C11H10ClF3N6. The summed E-state index contributed by atoms with van der Waals surface area (Å²) >= 11 is 5.79. The van der Waals surface area contributed by atoms with Crippen LogP contribution in [0.3, 0.4) is 0 Å². The first-order chi connectivity index (χ1) is 9.66. The fourth-order valence-electron chi connectivity index (χ4n) is 2.18. The second kappa shape index (κ2) is 5.09. The van der Waals surface area contributed by atoms with E-state index in [9.17, 15) is 13.2 Å². The lowest BCUT2D eigenvalue weighted by Gasteiger charge is -2.23. The van der Waals surface area contributed by atoms with Crippen LogP contribution in [0, 0.1) is 0 Å². The minimum Gasteiger partial charge on any atom is -0.266 e. The predicted octanol–water partition coefficient (Wildman–Crippen LogP) is 4.10. The Hall–Kier alpha value is -1.99. The second-order valence-electron chi connectivity index (χ2n) is 4.75. The molecule has 0 N–H and O–H groups in total. The molecule has 0 aromatic carbocycles. The molecule has 0 aliphatic heterocycles. The molecule has 2 aromatic rings. The first-order valence-corrected chi connectivity index (χ1v) is 6.16. The van der Waals surface area contributed by atoms with Gasteiger partial charge in [0.05, 0.1) is 29.4 Å². The fourth-order valence-corrected chi connectivity index (χ4v) is 2.34. The van der Waals surface area contributed by atoms with Crippen LogP contribution in [0.1, 0.15) is 19.0 Å². The van der Waals surface area contributed by atoms with Gasteiger partial charge in [0.25, 0.3) is 0 Å². The number of pyridine rings is 1. The number of fused-ring (bicyclic) bond motifs is 1. The molecule has 6 nitrogen and oxygen atoms in total. The van der Waals surface area contributed by atoms with Crippen LogP contribution in [0.25, 0.3) is 21.3 Å². The average molecular weight is 319 g/mol. The summed E-state index contributed by atoms with van der Waals surface area (Å²) in [5.74, 6) is 0. The van der Waals surface area contributed by atoms with Gasteiger partial charge in [0.1, 0.15) is 5.15 Å². The number of aryl methyl sites for hydroxylation is 1. The van der Waals surface area contributed by atoms with Crippen molar-refractivity contribution >= 4 is 22.5 Å². The Morgan fingerprint density at radius 2 is 2.14 bits per heavy atom. The number of hydrogen-bond acceptors (Lipinski definition) is 3. The molecule has 1 unspecified atom stereocenters. The number of alkyl halides is 3. The van der Waals surface area contributed by atoms with Gasteiger partial charge in [-0.15, -0.1) is 0 Å². The van der Waals surface area contributed by atoms with E-state index in [1.807, 2.05) is 0 Å². The number of azide groups is 1. The number of halogens is 4. The van der Waals surface area contributed by atoms with Crippen LogP contribution in [0.2, 0.25) is 5.15 Å². The highest BCUT2D eigenvalue weighted by atomic mass is 35.5. The highest BCUT2D eigenvalue weighted by Gasteiger charge is 2.42. The molecule has 2 aromatic heterocycles. The Kier molecular flexibility index (Phi) is 3.73. The van der Waals surface area contributed by atoms with Gasteiger partial charge in [0, 0.05) is 17.3 Å². The molecule has 2 heterocycles. The summed E-state index contributed by atoms with van der Waals surface area (Å²) in [7, 11) is 1.56. The Morgan fingerprint density at radius 3 is 2.71 bits per heavy atom. The standard InChI is InChI=1S/C11H10ClF3N6/c1-10(19-20-16,5-11(13,14)15)9-6-3-8(12)17-4-7(6)21(2)18-9/h3-4H,5H2,1-2H3. The van der Waals surface area contributed by atoms with Gasteiger partial charge in [-0.3, -0.25) is 4.68 Å². The lowest BCUT2D eigenvalue weighted by molar-refractivity contribution is -0.146. The van der Waals surface area contributed by atoms with Crippen molar-refractivity contribution in [2.24, 2.45) is 12.2 Å². The number of rotatable bonds is 3. The van der Waals surface area contributed by atoms with Gasteiger partial charge in [-0.05, 0) is 18.5 Å². The number of nitrogens with zero attached hydrogens (tertiary/aromatic N) is 6. The summed E-state index contributed by atoms with van der Waals surface area (Å²) in [5.41, 5.74) is 7.26. The van der Waals surface area contributed by atoms with Crippen LogP contribution in [0.5, 0.6) is 0 Å². The summed E-state index contributed by atoms with van der Waals surface area (Å²) in [6.07, 6.45) is -4.43. The SMILES string of the molecule is Cn1nc(C(C)(CC(F)(F)F)N=[N+]=[N-])c2cc(Cl)ncc21. The third-order valence-electron chi connectivity index (χ3n) is 3.02. The van der Waals surface area contributed by atoms with Gasteiger partial charge >= 0.3 is 6.18 Å². The first kappa shape index (κ1) is 15.4. The predicted molar refractivity (Wildman–Crippen MR) is 70.7 cm³/mol. The van der Waals surface area contributed by atoms with Gasteiger partial charge < -0.3 is 0 Å². The van der Waals surface area contributed by atoms with Crippen LogP contribution in [0.15, 0.2) is 17.4 Å². The van der Waals surface area contributed by atoms with Crippen molar-refractivity contribution in [1.82, 2.24) is 14.8 Å². The molecule has 0 saturated heterocycles. The maximum absolute atomic E-state index is 12.8. The van der Waals surface area contributed by atoms with Gasteiger partial charge in [-0.25, -0.2) is 4.98 Å². The summed E-state index contributed by atoms with van der Waals surface area (Å²) in [6.45, 7) is 1.19. The van der Waals surface area contributed by atoms with E-state index in [4.69, 9.17) is 17.1 Å². The fraction of sp³-hybridized carbons (Fsp3) is 0.455. The molecule has 0 amide bonds. The van der Waals surface area contributed by atoms with Crippen molar-refractivity contribution < 1.29 is 13.2 Å². The van der Waals surface area contributed by atoms with E-state index in [1.165, 1.54) is 23.9 Å². The molecule has 2 rings (SSSR count). The van der Waals surface area contributed by atoms with Crippen LogP contribution >= 0.6 is 11.6 Å². The Bertz CT molecular complexity index is 733. The molecule has 1 atom stereocenters. The van der Waals surface area contributed by atoms with E-state index < -0.39 is 18.1 Å². The largest absolute Gasteiger partial charge is 0.390 e. The zero-order valence-electron chi connectivity index (χ0n) is 11.1. The third-order valence-corrected chi connectivity index (χ3v) is 3.23. The lowest BCUT2D eigenvalue weighted by atomic mass is 9.92. The minimum absolute atomic E-state index is 0.0134. The van der Waals surface area contributed by atoms with E-state index >= 15 is 0 Å². The zero-order valence-corrected chi connectivity index (χ0v) is 11.8. The molecule has 0 aliphatic carbocycles. The molecule has 0 saturated carbocycles. The molecule has 0 aliphatic rings. The van der Waals surface area contributed by atoms with Crippen molar-refractivity contribution in [1.29, 1.82) is 0 Å². The summed E-state index contributed by atoms with van der Waals surface area (Å²) in [6, 6.07) is 1.40. The van der Waals surface area contributed by atoms with Crippen molar-refractivity contribution in [3.63, 3.8) is 0 Å². The van der Waals surface area contributed by atoms with E-state index in [0.29, 0.717) is 10.9 Å². The first-order valence-electron chi connectivity index (χ1n) is 5.78. The summed E-state index contributed by atoms with van der Waals surface area (Å²) < 4.78 is 39.7. The van der Waals surface area contributed by atoms with Crippen molar-refractivity contribution in [3.05, 3.63) is 33.6 Å². The molecule has 0 spiro atoms. The Labute approximate surface area is 122 Å². The van der Waals surface area contributed by atoms with Gasteiger partial charge in [0.2, 0.25) is 0 Å². The molecule has 112 valence electrons. The topological polar surface area (TPSA) is 79.5 Å². The van der Waals surface area contributed by atoms with Crippen LogP contribution in [-0.4, -0.2) is 20.9 Å². The number of aromatic nitrogens is 3. The van der Waals surface area contributed by atoms with Crippen molar-refractivity contribution in [2.45, 2.75) is 25.1 Å². The molecular weight excluding hydrogens is 309 g/mol. The smallest absolute Gasteiger partial charge is 0.266 e. The third kappa shape index (κ3) is 3.03. The van der Waals surface area contributed by atoms with E-state index in [1.54, 1.807) is 7.05 Å². The molecule has 0 bridgehead atoms. The quantitative estimate of drug-likeness (QED) is 0.369. The van der Waals surface area contributed by atoms with Crippen LogP contribution in [0.4, 0.5) is 13.2 Å². The van der Waals surface area contributed by atoms with Gasteiger partial charge in [-0.1, -0.05) is 16.7 Å². The van der Waals surface area contributed by atoms with E-state index in [2.05, 4.69) is 20.1 Å². The molecule has 0 radical (unpaired) electrons.